The summed E-state index contributed by atoms with van der Waals surface area (Å²) >= 11 is 0. The number of hydrogen-bond donors (Lipinski definition) is 0. The second-order valence-corrected chi connectivity index (χ2v) is 7.84. The van der Waals surface area contributed by atoms with Gasteiger partial charge in [-0.3, -0.25) is 9.98 Å². The largest absolute Gasteiger partial charge is 0.352 e. The maximum atomic E-state index is 5.12. The first-order valence-electron chi connectivity index (χ1n) is 10.1. The first kappa shape index (κ1) is 16.5. The third-order valence-electron chi connectivity index (χ3n) is 5.76. The Morgan fingerprint density at radius 3 is 1.56 bits per heavy atom. The van der Waals surface area contributed by atoms with Gasteiger partial charge < -0.3 is 9.80 Å². The quantitative estimate of drug-likeness (QED) is 0.841. The van der Waals surface area contributed by atoms with E-state index in [-0.39, 0.29) is 0 Å². The first-order valence-corrected chi connectivity index (χ1v) is 10.1. The summed E-state index contributed by atoms with van der Waals surface area (Å²) < 4.78 is 0. The van der Waals surface area contributed by atoms with Crippen molar-refractivity contribution >= 4 is 11.7 Å². The molecule has 2 aromatic carbocycles. The Bertz CT molecular complexity index is 772. The third kappa shape index (κ3) is 3.48. The minimum absolute atomic E-state index is 0.346. The molecule has 0 amide bonds. The summed E-state index contributed by atoms with van der Waals surface area (Å²) in [5.41, 5.74) is 2.74. The van der Waals surface area contributed by atoms with E-state index in [9.17, 15) is 0 Å². The molecular weight excluding hydrogens is 332 g/mol. The number of fused-ring (bicyclic) bond motifs is 3. The highest BCUT2D eigenvalue weighted by Gasteiger charge is 2.37. The van der Waals surface area contributed by atoms with E-state index in [0.29, 0.717) is 12.1 Å². The molecule has 0 unspecified atom stereocenters. The molecule has 138 valence electrons. The van der Waals surface area contributed by atoms with Gasteiger partial charge in [0, 0.05) is 26.2 Å². The summed E-state index contributed by atoms with van der Waals surface area (Å²) in [7, 11) is 0. The van der Waals surface area contributed by atoms with E-state index in [4.69, 9.17) is 9.98 Å². The average Bonchev–Trinajstić information content (AvgIpc) is 3.24. The van der Waals surface area contributed by atoms with Crippen LogP contribution in [-0.2, 0) is 12.8 Å². The fourth-order valence-corrected chi connectivity index (χ4v) is 4.51. The molecule has 1 fully saturated rings. The topological polar surface area (TPSA) is 31.2 Å². The molecule has 3 aliphatic rings. The normalized spacial score (nSPS) is 24.1. The lowest BCUT2D eigenvalue weighted by Crippen LogP contribution is -2.38. The SMILES string of the molecule is c1ccc(C[C@H]2CN3CCCN4C[C@H](Cc5ccccc5)N=C4C3=N2)cc1. The van der Waals surface area contributed by atoms with Crippen molar-refractivity contribution in [2.75, 3.05) is 26.2 Å². The maximum absolute atomic E-state index is 5.12. The molecule has 0 N–H and O–H groups in total. The van der Waals surface area contributed by atoms with Crippen LogP contribution in [0.4, 0.5) is 0 Å². The number of aliphatic imine (C=N–C) groups is 2. The maximum Gasteiger partial charge on any atom is 0.167 e. The third-order valence-corrected chi connectivity index (χ3v) is 5.76. The molecule has 0 radical (unpaired) electrons. The monoisotopic (exact) mass is 358 g/mol. The highest BCUT2D eigenvalue weighted by Crippen LogP contribution is 2.24. The molecule has 5 rings (SSSR count). The molecule has 3 aliphatic heterocycles. The van der Waals surface area contributed by atoms with E-state index >= 15 is 0 Å². The number of amidine groups is 2. The second kappa shape index (κ2) is 7.18. The fourth-order valence-electron chi connectivity index (χ4n) is 4.51. The molecule has 4 nitrogen and oxygen atoms in total. The van der Waals surface area contributed by atoms with Crippen molar-refractivity contribution in [3.8, 4) is 0 Å². The molecular formula is C23H26N4. The van der Waals surface area contributed by atoms with Gasteiger partial charge in [0.05, 0.1) is 12.1 Å². The average molecular weight is 358 g/mol. The number of rotatable bonds is 4. The Morgan fingerprint density at radius 1 is 0.667 bits per heavy atom. The van der Waals surface area contributed by atoms with E-state index in [1.54, 1.807) is 0 Å². The van der Waals surface area contributed by atoms with Gasteiger partial charge in [-0.15, -0.1) is 0 Å². The summed E-state index contributed by atoms with van der Waals surface area (Å²) in [6.45, 7) is 4.26. The Hall–Kier alpha value is -2.62. The van der Waals surface area contributed by atoms with Crippen molar-refractivity contribution in [1.29, 1.82) is 0 Å². The van der Waals surface area contributed by atoms with Crippen LogP contribution in [0.1, 0.15) is 17.5 Å². The molecule has 1 saturated heterocycles. The van der Waals surface area contributed by atoms with Crippen molar-refractivity contribution < 1.29 is 0 Å². The number of nitrogens with zero attached hydrogens (tertiary/aromatic N) is 4. The van der Waals surface area contributed by atoms with Gasteiger partial charge in [0.15, 0.2) is 11.7 Å². The fraction of sp³-hybridized carbons (Fsp3) is 0.391. The van der Waals surface area contributed by atoms with Gasteiger partial charge in [0.1, 0.15) is 0 Å². The lowest BCUT2D eigenvalue weighted by atomic mass is 10.1. The van der Waals surface area contributed by atoms with Crippen LogP contribution in [0.15, 0.2) is 70.6 Å². The molecule has 27 heavy (non-hydrogen) atoms. The van der Waals surface area contributed by atoms with E-state index < -0.39 is 0 Å². The van der Waals surface area contributed by atoms with Crippen LogP contribution in [0.3, 0.4) is 0 Å². The Labute approximate surface area is 161 Å². The summed E-state index contributed by atoms with van der Waals surface area (Å²) in [6, 6.07) is 22.1. The van der Waals surface area contributed by atoms with Crippen LogP contribution in [0.2, 0.25) is 0 Å². The van der Waals surface area contributed by atoms with Crippen molar-refractivity contribution in [2.24, 2.45) is 9.98 Å². The predicted octanol–water partition coefficient (Wildman–Crippen LogP) is 3.04. The van der Waals surface area contributed by atoms with Gasteiger partial charge in [0.25, 0.3) is 0 Å². The van der Waals surface area contributed by atoms with Gasteiger partial charge in [-0.2, -0.15) is 0 Å². The Balaban J connectivity index is 1.36. The standard InChI is InChI=1S/C23H26N4/c1-3-8-18(9-4-1)14-20-16-26-12-7-13-27-17-21(25-23(27)22(26)24-20)15-19-10-5-2-6-11-19/h1-6,8-11,20-21H,7,12-17H2/t20-,21-/m0/s1. The van der Waals surface area contributed by atoms with E-state index in [1.807, 2.05) is 0 Å². The number of benzene rings is 2. The molecule has 0 bridgehead atoms. The van der Waals surface area contributed by atoms with Crippen LogP contribution in [-0.4, -0.2) is 59.7 Å². The predicted molar refractivity (Wildman–Crippen MR) is 111 cm³/mol. The van der Waals surface area contributed by atoms with Gasteiger partial charge in [-0.25, -0.2) is 0 Å². The first-order chi connectivity index (χ1) is 13.3. The molecule has 0 aliphatic carbocycles. The zero-order chi connectivity index (χ0) is 18.1. The van der Waals surface area contributed by atoms with Crippen molar-refractivity contribution in [2.45, 2.75) is 31.3 Å². The van der Waals surface area contributed by atoms with E-state index in [0.717, 1.165) is 50.7 Å². The summed E-state index contributed by atoms with van der Waals surface area (Å²) in [4.78, 5) is 15.2. The van der Waals surface area contributed by atoms with Crippen molar-refractivity contribution in [1.82, 2.24) is 9.80 Å². The van der Waals surface area contributed by atoms with Gasteiger partial charge >= 0.3 is 0 Å². The van der Waals surface area contributed by atoms with Crippen LogP contribution in [0.25, 0.3) is 0 Å². The van der Waals surface area contributed by atoms with Crippen molar-refractivity contribution in [3.05, 3.63) is 71.8 Å². The highest BCUT2D eigenvalue weighted by molar-refractivity contribution is 6.41. The summed E-state index contributed by atoms with van der Waals surface area (Å²) in [5.74, 6) is 2.29. The minimum Gasteiger partial charge on any atom is -0.352 e. The lowest BCUT2D eigenvalue weighted by Gasteiger charge is -2.19. The minimum atomic E-state index is 0.346. The Kier molecular flexibility index (Phi) is 4.40. The molecule has 0 aromatic heterocycles. The zero-order valence-electron chi connectivity index (χ0n) is 15.7. The highest BCUT2D eigenvalue weighted by atomic mass is 15.4. The molecule has 2 aromatic rings. The lowest BCUT2D eigenvalue weighted by molar-refractivity contribution is 0.381. The van der Waals surface area contributed by atoms with Crippen LogP contribution in [0.5, 0.6) is 0 Å². The van der Waals surface area contributed by atoms with Crippen LogP contribution < -0.4 is 0 Å². The Morgan fingerprint density at radius 2 is 1.11 bits per heavy atom. The molecule has 3 heterocycles. The van der Waals surface area contributed by atoms with Crippen molar-refractivity contribution in [3.63, 3.8) is 0 Å². The summed E-state index contributed by atoms with van der Waals surface area (Å²) in [5, 5.41) is 0. The van der Waals surface area contributed by atoms with Crippen LogP contribution in [0, 0.1) is 0 Å². The van der Waals surface area contributed by atoms with Gasteiger partial charge in [-0.1, -0.05) is 60.7 Å². The van der Waals surface area contributed by atoms with Gasteiger partial charge in [0.2, 0.25) is 0 Å². The van der Waals surface area contributed by atoms with Gasteiger partial charge in [-0.05, 0) is 30.4 Å². The molecule has 0 spiro atoms. The molecule has 2 atom stereocenters. The molecule has 0 saturated carbocycles. The van der Waals surface area contributed by atoms with Crippen LogP contribution >= 0.6 is 0 Å². The summed E-state index contributed by atoms with van der Waals surface area (Å²) in [6.07, 6.45) is 3.22. The van der Waals surface area contributed by atoms with E-state index in [1.165, 1.54) is 17.5 Å². The zero-order valence-corrected chi connectivity index (χ0v) is 15.7. The second-order valence-electron chi connectivity index (χ2n) is 7.84. The molecule has 4 heteroatoms. The van der Waals surface area contributed by atoms with E-state index in [2.05, 4.69) is 70.5 Å². The smallest absolute Gasteiger partial charge is 0.167 e. The number of hydrogen-bond acceptors (Lipinski definition) is 4.